The maximum Gasteiger partial charge on any atom is 0.259 e. The van der Waals surface area contributed by atoms with E-state index in [2.05, 4.69) is 15.3 Å². The summed E-state index contributed by atoms with van der Waals surface area (Å²) in [5, 5.41) is 4.45. The Morgan fingerprint density at radius 2 is 2.10 bits per heavy atom. The molecule has 0 atom stereocenters. The zero-order valence-corrected chi connectivity index (χ0v) is 18.3. The van der Waals surface area contributed by atoms with E-state index < -0.39 is 0 Å². The molecule has 5 nitrogen and oxygen atoms in total. The van der Waals surface area contributed by atoms with Gasteiger partial charge in [-0.05, 0) is 48.9 Å². The van der Waals surface area contributed by atoms with Crippen molar-refractivity contribution in [3.8, 4) is 0 Å². The molecule has 0 saturated carbocycles. The van der Waals surface area contributed by atoms with Crippen molar-refractivity contribution in [1.29, 1.82) is 0 Å². The van der Waals surface area contributed by atoms with E-state index in [9.17, 15) is 9.59 Å². The van der Waals surface area contributed by atoms with Crippen LogP contribution in [-0.4, -0.2) is 28.2 Å². The number of nitrogens with zero attached hydrogens (tertiary/aromatic N) is 1. The van der Waals surface area contributed by atoms with Gasteiger partial charge in [0.05, 0.1) is 11.1 Å². The summed E-state index contributed by atoms with van der Waals surface area (Å²) in [7, 11) is 0. The van der Waals surface area contributed by atoms with Gasteiger partial charge in [-0.25, -0.2) is 4.98 Å². The molecule has 0 aliphatic heterocycles. The number of halogens is 1. The van der Waals surface area contributed by atoms with Crippen molar-refractivity contribution in [2.24, 2.45) is 0 Å². The molecule has 2 heterocycles. The Hall–Kier alpha value is -1.83. The third-order valence-corrected chi connectivity index (χ3v) is 7.39. The van der Waals surface area contributed by atoms with E-state index in [1.165, 1.54) is 10.4 Å². The highest BCUT2D eigenvalue weighted by molar-refractivity contribution is 7.98. The predicted octanol–water partition coefficient (Wildman–Crippen LogP) is 4.11. The van der Waals surface area contributed by atoms with E-state index in [0.29, 0.717) is 35.3 Å². The minimum absolute atomic E-state index is 0.0232. The summed E-state index contributed by atoms with van der Waals surface area (Å²) in [4.78, 5) is 34.2. The van der Waals surface area contributed by atoms with Crippen molar-refractivity contribution in [2.75, 3.05) is 12.3 Å². The number of amides is 1. The number of thiophene rings is 1. The van der Waals surface area contributed by atoms with Crippen LogP contribution in [0.2, 0.25) is 5.02 Å². The summed E-state index contributed by atoms with van der Waals surface area (Å²) in [6.45, 7) is 0.611. The van der Waals surface area contributed by atoms with Crippen molar-refractivity contribution >= 4 is 50.8 Å². The van der Waals surface area contributed by atoms with E-state index in [4.69, 9.17) is 11.6 Å². The normalized spacial score (nSPS) is 13.0. The lowest BCUT2D eigenvalue weighted by molar-refractivity contribution is -0.120. The largest absolute Gasteiger partial charge is 0.356 e. The van der Waals surface area contributed by atoms with Crippen molar-refractivity contribution < 1.29 is 4.79 Å². The quantitative estimate of drug-likeness (QED) is 0.509. The van der Waals surface area contributed by atoms with Crippen LogP contribution in [0, 0.1) is 0 Å². The summed E-state index contributed by atoms with van der Waals surface area (Å²) < 4.78 is 0. The van der Waals surface area contributed by atoms with Crippen LogP contribution in [0.3, 0.4) is 0 Å². The molecule has 0 bridgehead atoms. The number of carbonyl (C=O) groups excluding carboxylic acids is 1. The van der Waals surface area contributed by atoms with Gasteiger partial charge in [0, 0.05) is 28.6 Å². The topological polar surface area (TPSA) is 74.8 Å². The fourth-order valence-electron chi connectivity index (χ4n) is 3.53. The number of benzene rings is 1. The first-order valence-electron chi connectivity index (χ1n) is 9.72. The third-order valence-electron chi connectivity index (χ3n) is 4.99. The van der Waals surface area contributed by atoms with Gasteiger partial charge in [0.2, 0.25) is 5.91 Å². The molecule has 3 aromatic rings. The third kappa shape index (κ3) is 5.02. The number of hydrogen-bond acceptors (Lipinski definition) is 5. The van der Waals surface area contributed by atoms with Crippen LogP contribution < -0.4 is 10.9 Å². The second-order valence-electron chi connectivity index (χ2n) is 7.08. The molecular weight excluding hydrogens is 426 g/mol. The van der Waals surface area contributed by atoms with Gasteiger partial charge in [-0.1, -0.05) is 23.7 Å². The number of aromatic amines is 1. The monoisotopic (exact) mass is 447 g/mol. The van der Waals surface area contributed by atoms with Gasteiger partial charge in [-0.15, -0.1) is 11.3 Å². The van der Waals surface area contributed by atoms with Gasteiger partial charge in [0.1, 0.15) is 10.7 Å². The highest BCUT2D eigenvalue weighted by Crippen LogP contribution is 2.34. The number of thioether (sulfide) groups is 1. The van der Waals surface area contributed by atoms with Gasteiger partial charge in [0.25, 0.3) is 5.56 Å². The van der Waals surface area contributed by atoms with Crippen LogP contribution in [-0.2, 0) is 29.8 Å². The Morgan fingerprint density at radius 1 is 1.28 bits per heavy atom. The van der Waals surface area contributed by atoms with E-state index in [0.717, 1.165) is 41.5 Å². The Morgan fingerprint density at radius 3 is 2.93 bits per heavy atom. The highest BCUT2D eigenvalue weighted by atomic mass is 35.5. The maximum atomic E-state index is 12.4. The minimum atomic E-state index is -0.0232. The average Bonchev–Trinajstić information content (AvgIpc) is 3.27. The molecule has 0 unspecified atom stereocenters. The Kier molecular flexibility index (Phi) is 6.57. The second kappa shape index (κ2) is 9.32. The smallest absolute Gasteiger partial charge is 0.259 e. The number of aromatic nitrogens is 2. The van der Waals surface area contributed by atoms with Crippen LogP contribution in [0.25, 0.3) is 10.2 Å². The van der Waals surface area contributed by atoms with Gasteiger partial charge in [0.15, 0.2) is 0 Å². The van der Waals surface area contributed by atoms with Crippen LogP contribution in [0.5, 0.6) is 0 Å². The molecule has 152 valence electrons. The van der Waals surface area contributed by atoms with E-state index in [-0.39, 0.29) is 11.5 Å². The summed E-state index contributed by atoms with van der Waals surface area (Å²) >= 11 is 9.14. The van der Waals surface area contributed by atoms with E-state index >= 15 is 0 Å². The fraction of sp³-hybridized carbons (Fsp3) is 0.381. The standard InChI is InChI=1S/C21H22ClN3O2S2/c22-14-6-4-13(5-7-14)8-10-23-18(26)9-11-28-12-17-24-20(27)19-15-2-1-3-16(15)29-21(19)25-17/h4-7H,1-3,8-12H2,(H,23,26)(H,24,25,27). The summed E-state index contributed by atoms with van der Waals surface area (Å²) in [5.41, 5.74) is 2.33. The number of nitrogens with one attached hydrogen (secondary N) is 2. The number of fused-ring (bicyclic) bond motifs is 3. The lowest BCUT2D eigenvalue weighted by Crippen LogP contribution is -2.25. The van der Waals surface area contributed by atoms with Gasteiger partial charge in [-0.3, -0.25) is 9.59 Å². The Labute approximate surface area is 182 Å². The minimum Gasteiger partial charge on any atom is -0.356 e. The van der Waals surface area contributed by atoms with Gasteiger partial charge < -0.3 is 10.3 Å². The van der Waals surface area contributed by atoms with Gasteiger partial charge >= 0.3 is 0 Å². The average molecular weight is 448 g/mol. The van der Waals surface area contributed by atoms with Crippen molar-refractivity contribution in [3.63, 3.8) is 0 Å². The molecule has 8 heteroatoms. The molecule has 1 aliphatic rings. The number of aryl methyl sites for hydroxylation is 2. The molecule has 0 saturated heterocycles. The van der Waals surface area contributed by atoms with Crippen LogP contribution >= 0.6 is 34.7 Å². The van der Waals surface area contributed by atoms with Crippen LogP contribution in [0.4, 0.5) is 0 Å². The number of H-pyrrole nitrogens is 1. The van der Waals surface area contributed by atoms with Crippen molar-refractivity contribution in [3.05, 3.63) is 61.5 Å². The molecule has 0 radical (unpaired) electrons. The Bertz CT molecular complexity index is 1080. The molecule has 1 aliphatic carbocycles. The number of rotatable bonds is 8. The molecular formula is C21H22ClN3O2S2. The van der Waals surface area contributed by atoms with Crippen LogP contribution in [0.15, 0.2) is 29.1 Å². The zero-order valence-electron chi connectivity index (χ0n) is 15.9. The van der Waals surface area contributed by atoms with E-state index in [1.807, 2.05) is 24.3 Å². The molecule has 4 rings (SSSR count). The summed E-state index contributed by atoms with van der Waals surface area (Å²) in [5.74, 6) is 2.02. The van der Waals surface area contributed by atoms with Crippen molar-refractivity contribution in [2.45, 2.75) is 37.9 Å². The summed E-state index contributed by atoms with van der Waals surface area (Å²) in [6.07, 6.45) is 4.42. The fourth-order valence-corrected chi connectivity index (χ4v) is 5.75. The number of hydrogen-bond donors (Lipinski definition) is 2. The molecule has 2 N–H and O–H groups in total. The lowest BCUT2D eigenvalue weighted by atomic mass is 10.1. The van der Waals surface area contributed by atoms with Gasteiger partial charge in [-0.2, -0.15) is 11.8 Å². The second-order valence-corrected chi connectivity index (χ2v) is 9.70. The molecule has 29 heavy (non-hydrogen) atoms. The molecule has 0 fully saturated rings. The molecule has 1 aromatic carbocycles. The maximum absolute atomic E-state index is 12.4. The van der Waals surface area contributed by atoms with E-state index in [1.54, 1.807) is 23.1 Å². The Balaban J connectivity index is 1.21. The predicted molar refractivity (Wildman–Crippen MR) is 121 cm³/mol. The van der Waals surface area contributed by atoms with Crippen molar-refractivity contribution in [1.82, 2.24) is 15.3 Å². The summed E-state index contributed by atoms with van der Waals surface area (Å²) in [6, 6.07) is 7.65. The molecule has 1 amide bonds. The first-order chi connectivity index (χ1) is 14.1. The first kappa shape index (κ1) is 20.4. The zero-order chi connectivity index (χ0) is 20.2. The van der Waals surface area contributed by atoms with Crippen LogP contribution in [0.1, 0.15) is 34.7 Å². The molecule has 2 aromatic heterocycles. The molecule has 0 spiro atoms. The SMILES string of the molecule is O=C(CCSCc1nc2sc3c(c2c(=O)[nH]1)CCC3)NCCc1ccc(Cl)cc1. The first-order valence-corrected chi connectivity index (χ1v) is 12.1. The highest BCUT2D eigenvalue weighted by Gasteiger charge is 2.21. The number of carbonyl (C=O) groups is 1. The lowest BCUT2D eigenvalue weighted by Gasteiger charge is -2.06.